The fourth-order valence-corrected chi connectivity index (χ4v) is 3.09. The van der Waals surface area contributed by atoms with Crippen LogP contribution in [0.15, 0.2) is 0 Å². The van der Waals surface area contributed by atoms with Gasteiger partial charge in [0, 0.05) is 0 Å². The SMILES string of the molecule is COC(=O)CO[C@H]1[C@@H](O)[C@@H](CO)O[C@@H](OCCO[C@@H]2O[C@@H](C)[C@@H](O)[C@@H](O)[C@@H]2O)[C@@H]1O. The molecule has 2 aliphatic heterocycles. The molecule has 10 atom stereocenters. The smallest absolute Gasteiger partial charge is 0.331 e. The molecule has 0 amide bonds. The molecular weight excluding hydrogens is 412 g/mol. The summed E-state index contributed by atoms with van der Waals surface area (Å²) in [5.41, 5.74) is 0. The third-order valence-electron chi connectivity index (χ3n) is 4.90. The van der Waals surface area contributed by atoms with Crippen molar-refractivity contribution in [1.29, 1.82) is 0 Å². The van der Waals surface area contributed by atoms with Crippen LogP contribution in [0.4, 0.5) is 0 Å². The first-order chi connectivity index (χ1) is 14.2. The van der Waals surface area contributed by atoms with Gasteiger partial charge in [0.1, 0.15) is 49.3 Å². The van der Waals surface area contributed by atoms with Gasteiger partial charge in [0.2, 0.25) is 0 Å². The van der Waals surface area contributed by atoms with Crippen molar-refractivity contribution in [2.24, 2.45) is 0 Å². The van der Waals surface area contributed by atoms with Crippen molar-refractivity contribution in [1.82, 2.24) is 0 Å². The number of ether oxygens (including phenoxy) is 6. The van der Waals surface area contributed by atoms with Crippen LogP contribution < -0.4 is 0 Å². The Labute approximate surface area is 172 Å². The van der Waals surface area contributed by atoms with Crippen LogP contribution in [0, 0.1) is 0 Å². The van der Waals surface area contributed by atoms with Crippen LogP contribution in [-0.2, 0) is 33.2 Å². The first-order valence-corrected chi connectivity index (χ1v) is 9.45. The average molecular weight is 442 g/mol. The van der Waals surface area contributed by atoms with Gasteiger partial charge in [-0.1, -0.05) is 0 Å². The molecule has 2 aliphatic rings. The molecule has 0 aromatic heterocycles. The van der Waals surface area contributed by atoms with Crippen LogP contribution in [0.5, 0.6) is 0 Å². The number of esters is 1. The van der Waals surface area contributed by atoms with E-state index in [-0.39, 0.29) is 13.2 Å². The molecule has 6 N–H and O–H groups in total. The Morgan fingerprint density at radius 1 is 0.833 bits per heavy atom. The third kappa shape index (κ3) is 6.05. The summed E-state index contributed by atoms with van der Waals surface area (Å²) >= 11 is 0. The van der Waals surface area contributed by atoms with Crippen LogP contribution in [0.2, 0.25) is 0 Å². The Morgan fingerprint density at radius 3 is 2.00 bits per heavy atom. The second-order valence-corrected chi connectivity index (χ2v) is 6.98. The minimum absolute atomic E-state index is 0.149. The van der Waals surface area contributed by atoms with E-state index in [0.717, 1.165) is 7.11 Å². The minimum atomic E-state index is -1.50. The lowest BCUT2D eigenvalue weighted by molar-refractivity contribution is -0.318. The third-order valence-corrected chi connectivity index (χ3v) is 4.90. The Balaban J connectivity index is 1.85. The number of hydrogen-bond donors (Lipinski definition) is 6. The number of methoxy groups -OCH3 is 1. The Kier molecular flexibility index (Phi) is 9.77. The van der Waals surface area contributed by atoms with Crippen molar-refractivity contribution in [3.63, 3.8) is 0 Å². The van der Waals surface area contributed by atoms with Crippen LogP contribution in [0.3, 0.4) is 0 Å². The lowest BCUT2D eigenvalue weighted by Gasteiger charge is -2.41. The molecule has 30 heavy (non-hydrogen) atoms. The number of carbonyl (C=O) groups is 1. The summed E-state index contributed by atoms with van der Waals surface area (Å²) in [4.78, 5) is 11.2. The molecular formula is C17H30O13. The topological polar surface area (TPSA) is 194 Å². The highest BCUT2D eigenvalue weighted by Gasteiger charge is 2.46. The normalized spacial score (nSPS) is 42.1. The van der Waals surface area contributed by atoms with Gasteiger partial charge in [0.05, 0.1) is 33.0 Å². The van der Waals surface area contributed by atoms with Crippen LogP contribution in [-0.4, -0.2) is 132 Å². The first-order valence-electron chi connectivity index (χ1n) is 9.45. The second kappa shape index (κ2) is 11.6. The molecule has 0 aromatic carbocycles. The van der Waals surface area contributed by atoms with Gasteiger partial charge < -0.3 is 59.1 Å². The fraction of sp³-hybridized carbons (Fsp3) is 0.941. The maximum absolute atomic E-state index is 11.2. The van der Waals surface area contributed by atoms with Gasteiger partial charge >= 0.3 is 5.97 Å². The van der Waals surface area contributed by atoms with Crippen LogP contribution in [0.1, 0.15) is 6.92 Å². The van der Waals surface area contributed by atoms with E-state index in [1.165, 1.54) is 6.92 Å². The Hall–Kier alpha value is -0.970. The Bertz CT molecular complexity index is 534. The molecule has 0 radical (unpaired) electrons. The maximum atomic E-state index is 11.2. The van der Waals surface area contributed by atoms with Gasteiger partial charge in [-0.2, -0.15) is 0 Å². The number of aliphatic hydroxyl groups is 6. The predicted molar refractivity (Wildman–Crippen MR) is 93.8 cm³/mol. The van der Waals surface area contributed by atoms with Gasteiger partial charge in [-0.05, 0) is 6.92 Å². The first kappa shape index (κ1) is 25.3. The number of rotatable bonds is 9. The molecule has 2 heterocycles. The highest BCUT2D eigenvalue weighted by atomic mass is 16.7. The maximum Gasteiger partial charge on any atom is 0.331 e. The number of aliphatic hydroxyl groups excluding tert-OH is 6. The van der Waals surface area contributed by atoms with Crippen molar-refractivity contribution < 1.29 is 63.9 Å². The highest BCUT2D eigenvalue weighted by molar-refractivity contribution is 5.70. The van der Waals surface area contributed by atoms with E-state index in [1.54, 1.807) is 0 Å². The quantitative estimate of drug-likeness (QED) is 0.149. The van der Waals surface area contributed by atoms with Gasteiger partial charge in [0.15, 0.2) is 12.6 Å². The molecule has 13 nitrogen and oxygen atoms in total. The molecule has 0 aliphatic carbocycles. The highest BCUT2D eigenvalue weighted by Crippen LogP contribution is 2.25. The fourth-order valence-electron chi connectivity index (χ4n) is 3.09. The summed E-state index contributed by atoms with van der Waals surface area (Å²) in [6, 6.07) is 0. The van der Waals surface area contributed by atoms with Crippen molar-refractivity contribution in [2.45, 2.75) is 68.3 Å². The summed E-state index contributed by atoms with van der Waals surface area (Å²) in [6.07, 6.45) is -12.8. The van der Waals surface area contributed by atoms with E-state index in [4.69, 9.17) is 23.7 Å². The second-order valence-electron chi connectivity index (χ2n) is 6.98. The summed E-state index contributed by atoms with van der Waals surface area (Å²) in [7, 11) is 1.15. The molecule has 0 bridgehead atoms. The molecule has 2 fully saturated rings. The standard InChI is InChI=1S/C17H30O13/c1-7-10(20)12(22)13(23)16(29-7)26-3-4-27-17-14(24)15(28-6-9(19)25-2)11(21)8(5-18)30-17/h7-8,10-18,20-24H,3-6H2,1-2H3/t7-,8+,10+,11-,12+,13-,14+,15-,16+,17+/m0/s1. The summed E-state index contributed by atoms with van der Waals surface area (Å²) in [6.45, 7) is 0.0614. The van der Waals surface area contributed by atoms with Gasteiger partial charge in [0.25, 0.3) is 0 Å². The molecule has 2 saturated heterocycles. The van der Waals surface area contributed by atoms with E-state index in [1.807, 2.05) is 0 Å². The zero-order valence-corrected chi connectivity index (χ0v) is 16.6. The van der Waals surface area contributed by atoms with Crippen molar-refractivity contribution >= 4 is 5.97 Å². The number of carbonyl (C=O) groups excluding carboxylic acids is 1. The molecule has 0 spiro atoms. The molecule has 176 valence electrons. The Morgan fingerprint density at radius 2 is 1.43 bits per heavy atom. The summed E-state index contributed by atoms with van der Waals surface area (Å²) in [5, 5.41) is 59.2. The van der Waals surface area contributed by atoms with Crippen molar-refractivity contribution in [3.8, 4) is 0 Å². The van der Waals surface area contributed by atoms with Crippen molar-refractivity contribution in [3.05, 3.63) is 0 Å². The average Bonchev–Trinajstić information content (AvgIpc) is 2.73. The van der Waals surface area contributed by atoms with E-state index in [2.05, 4.69) is 4.74 Å². The van der Waals surface area contributed by atoms with E-state index >= 15 is 0 Å². The number of hydrogen-bond acceptors (Lipinski definition) is 13. The summed E-state index contributed by atoms with van der Waals surface area (Å²) < 4.78 is 30.9. The van der Waals surface area contributed by atoms with Crippen LogP contribution >= 0.6 is 0 Å². The van der Waals surface area contributed by atoms with E-state index in [9.17, 15) is 35.4 Å². The molecule has 13 heteroatoms. The van der Waals surface area contributed by atoms with Gasteiger partial charge in [-0.3, -0.25) is 0 Å². The lowest BCUT2D eigenvalue weighted by atomic mass is 9.99. The van der Waals surface area contributed by atoms with Crippen molar-refractivity contribution in [2.75, 3.05) is 33.5 Å². The van der Waals surface area contributed by atoms with E-state index in [0.29, 0.717) is 0 Å². The minimum Gasteiger partial charge on any atom is -0.467 e. The zero-order chi connectivity index (χ0) is 22.4. The van der Waals surface area contributed by atoms with E-state index < -0.39 is 80.6 Å². The van der Waals surface area contributed by atoms with Crippen LogP contribution in [0.25, 0.3) is 0 Å². The summed E-state index contributed by atoms with van der Waals surface area (Å²) in [5.74, 6) is -0.722. The predicted octanol–water partition coefficient (Wildman–Crippen LogP) is -4.16. The lowest BCUT2D eigenvalue weighted by Crippen LogP contribution is -2.60. The largest absolute Gasteiger partial charge is 0.467 e. The van der Waals surface area contributed by atoms with Gasteiger partial charge in [-0.15, -0.1) is 0 Å². The molecule has 0 aromatic rings. The molecule has 0 unspecified atom stereocenters. The molecule has 2 rings (SSSR count). The zero-order valence-electron chi connectivity index (χ0n) is 16.6. The molecule has 0 saturated carbocycles. The monoisotopic (exact) mass is 442 g/mol. The van der Waals surface area contributed by atoms with Gasteiger partial charge in [-0.25, -0.2) is 4.79 Å².